The van der Waals surface area contributed by atoms with Gasteiger partial charge in [-0.25, -0.2) is 20.6 Å². The highest BCUT2D eigenvalue weighted by molar-refractivity contribution is 6.30. The first-order chi connectivity index (χ1) is 23.8. The van der Waals surface area contributed by atoms with Crippen molar-refractivity contribution in [3.05, 3.63) is 76.7 Å². The molecule has 3 aliphatic rings. The maximum atomic E-state index is 13.1. The van der Waals surface area contributed by atoms with Crippen LogP contribution < -0.4 is 38.2 Å². The number of unbranched alkanes of at least 4 members (excludes halogenated alkanes) is 1. The van der Waals surface area contributed by atoms with Crippen LogP contribution in [-0.4, -0.2) is 78.0 Å². The van der Waals surface area contributed by atoms with E-state index in [0.29, 0.717) is 52.0 Å². The Morgan fingerprint density at radius 1 is 1.00 bits per heavy atom. The molecule has 5 rings (SSSR count). The van der Waals surface area contributed by atoms with Crippen molar-refractivity contribution in [1.82, 2.24) is 25.9 Å². The predicted octanol–water partition coefficient (Wildman–Crippen LogP) is 2.22. The Bertz CT molecular complexity index is 1600. The van der Waals surface area contributed by atoms with Crippen molar-refractivity contribution in [2.75, 3.05) is 32.8 Å². The molecule has 3 amide bonds. The highest BCUT2D eigenvalue weighted by Gasteiger charge is 2.43. The summed E-state index contributed by atoms with van der Waals surface area (Å²) in [6.45, 7) is 2.52. The fourth-order valence-electron chi connectivity index (χ4n) is 5.76. The molecule has 0 aliphatic carbocycles. The number of hydrogen-bond donors (Lipinski definition) is 6. The number of amidine groups is 1. The molecule has 260 valence electrons. The lowest BCUT2D eigenvalue weighted by Crippen LogP contribution is -2.55. The largest absolute Gasteiger partial charge is 0.494 e. The number of hydrazine groups is 1. The number of hydrogen-bond acceptors (Lipinski definition) is 12. The summed E-state index contributed by atoms with van der Waals surface area (Å²) < 4.78 is 5.90. The molecule has 1 unspecified atom stereocenters. The van der Waals surface area contributed by atoms with Gasteiger partial charge in [0.15, 0.2) is 17.0 Å². The van der Waals surface area contributed by atoms with Gasteiger partial charge in [-0.2, -0.15) is 0 Å². The van der Waals surface area contributed by atoms with Gasteiger partial charge in [0.25, 0.3) is 5.91 Å². The van der Waals surface area contributed by atoms with Gasteiger partial charge in [0.05, 0.1) is 18.7 Å². The van der Waals surface area contributed by atoms with E-state index in [2.05, 4.69) is 65.9 Å². The van der Waals surface area contributed by atoms with Crippen LogP contribution in [0, 0.1) is 0 Å². The molecule has 0 radical (unpaired) electrons. The van der Waals surface area contributed by atoms with E-state index >= 15 is 0 Å². The zero-order valence-corrected chi connectivity index (χ0v) is 27.7. The average molecular weight is 693 g/mol. The number of aryl methyl sites for hydroxylation is 1. The van der Waals surface area contributed by atoms with Gasteiger partial charge in [-0.15, -0.1) is 10.2 Å². The fraction of sp³-hybridized carbons (Fsp3) is 0.419. The smallest absolute Gasteiger partial charge is 0.317 e. The number of carbonyl (C=O) groups excluding carboxylic acids is 2. The molecular weight excluding hydrogens is 652 g/mol. The molecule has 2 aromatic rings. The Morgan fingerprint density at radius 3 is 2.43 bits per heavy atom. The van der Waals surface area contributed by atoms with E-state index in [1.54, 1.807) is 4.90 Å². The molecular formula is C31H41ClN14O3. The van der Waals surface area contributed by atoms with Crippen LogP contribution in [0.3, 0.4) is 0 Å². The SMILES string of the molecule is NN=NC1=NC(N=NN)=C(Cl)NC1C(=O)NC1=NC2(CCN(C(=O)NCCc3ccc(OCCCCc4ccccc4)cc3)CC2)CN1N. The maximum Gasteiger partial charge on any atom is 0.317 e. The standard InChI is InChI=1S/C31H41ClN14O3/c32-25-27(42-44-34)38-26(41-43-33)24(37-25)28(47)39-29-40-31(20-46(29)35)14-17-45(18-15-31)30(48)36-16-13-22-9-11-23(12-10-22)49-19-5-4-8-21-6-2-1-3-7-21/h1-3,6-7,9-12,24,37H,4-5,8,13-20,35H2,(H2,34,42)(H,36,48)(H2,33,38,41)(H,39,40,47). The lowest BCUT2D eigenvalue weighted by Gasteiger charge is -2.37. The predicted molar refractivity (Wildman–Crippen MR) is 184 cm³/mol. The molecule has 1 fully saturated rings. The van der Waals surface area contributed by atoms with E-state index in [4.69, 9.17) is 38.9 Å². The normalized spacial score (nSPS) is 18.9. The second-order valence-corrected chi connectivity index (χ2v) is 12.2. The highest BCUT2D eigenvalue weighted by atomic mass is 35.5. The first-order valence-corrected chi connectivity index (χ1v) is 16.3. The number of nitrogens with two attached hydrogens (primary N) is 3. The number of piperidine rings is 1. The molecule has 17 nitrogen and oxygen atoms in total. The second kappa shape index (κ2) is 16.7. The minimum atomic E-state index is -1.17. The molecule has 0 saturated carbocycles. The summed E-state index contributed by atoms with van der Waals surface area (Å²) in [6.07, 6.45) is 4.96. The van der Waals surface area contributed by atoms with Crippen LogP contribution in [0.25, 0.3) is 0 Å². The van der Waals surface area contributed by atoms with Crippen molar-refractivity contribution >= 4 is 35.3 Å². The van der Waals surface area contributed by atoms with Crippen LogP contribution in [0.2, 0.25) is 0 Å². The topological polar surface area (TPSA) is 238 Å². The lowest BCUT2D eigenvalue weighted by atomic mass is 9.89. The van der Waals surface area contributed by atoms with Gasteiger partial charge in [0.1, 0.15) is 5.75 Å². The number of nitrogens with one attached hydrogen (secondary N) is 3. The van der Waals surface area contributed by atoms with Gasteiger partial charge < -0.3 is 32.0 Å². The molecule has 1 saturated heterocycles. The minimum Gasteiger partial charge on any atom is -0.494 e. The van der Waals surface area contributed by atoms with Crippen molar-refractivity contribution in [2.24, 2.45) is 48.2 Å². The summed E-state index contributed by atoms with van der Waals surface area (Å²) in [5.74, 6) is 16.7. The van der Waals surface area contributed by atoms with Crippen molar-refractivity contribution in [1.29, 1.82) is 0 Å². The first-order valence-electron chi connectivity index (χ1n) is 16.0. The number of urea groups is 1. The molecule has 1 spiro atoms. The maximum absolute atomic E-state index is 13.1. The van der Waals surface area contributed by atoms with Gasteiger partial charge in [0, 0.05) is 19.6 Å². The molecule has 9 N–H and O–H groups in total. The summed E-state index contributed by atoms with van der Waals surface area (Å²) in [7, 11) is 0. The number of rotatable bonds is 11. The van der Waals surface area contributed by atoms with E-state index in [1.165, 1.54) is 10.6 Å². The zero-order valence-electron chi connectivity index (χ0n) is 27.0. The third-order valence-corrected chi connectivity index (χ3v) is 8.68. The number of guanidine groups is 1. The number of benzene rings is 2. The number of likely N-dealkylation sites (tertiary alicyclic amines) is 1. The molecule has 18 heteroatoms. The number of aliphatic imine (C=N–C) groups is 2. The van der Waals surface area contributed by atoms with E-state index in [-0.39, 0.29) is 28.8 Å². The summed E-state index contributed by atoms with van der Waals surface area (Å²) in [6, 6.07) is 17.2. The molecule has 0 bridgehead atoms. The van der Waals surface area contributed by atoms with Crippen molar-refractivity contribution < 1.29 is 14.3 Å². The Kier molecular flexibility index (Phi) is 11.9. The Hall–Kier alpha value is -5.29. The number of ether oxygens (including phenoxy) is 1. The Balaban J connectivity index is 1.03. The second-order valence-electron chi connectivity index (χ2n) is 11.8. The lowest BCUT2D eigenvalue weighted by molar-refractivity contribution is -0.120. The van der Waals surface area contributed by atoms with Crippen molar-refractivity contribution in [3.8, 4) is 5.75 Å². The van der Waals surface area contributed by atoms with Crippen LogP contribution in [0.15, 0.2) is 96.2 Å². The Morgan fingerprint density at radius 2 is 1.71 bits per heavy atom. The summed E-state index contributed by atoms with van der Waals surface area (Å²) >= 11 is 6.13. The summed E-state index contributed by atoms with van der Waals surface area (Å²) in [5, 5.41) is 23.3. The number of nitrogens with zero attached hydrogens (tertiary/aromatic N) is 8. The Labute approximate surface area is 288 Å². The van der Waals surface area contributed by atoms with E-state index in [1.807, 2.05) is 30.3 Å². The third-order valence-electron chi connectivity index (χ3n) is 8.40. The van der Waals surface area contributed by atoms with Gasteiger partial charge in [-0.1, -0.05) is 64.5 Å². The van der Waals surface area contributed by atoms with Crippen LogP contribution in [0.5, 0.6) is 5.75 Å². The number of carbonyl (C=O) groups is 2. The quantitative estimate of drug-likeness (QED) is 0.0669. The van der Waals surface area contributed by atoms with Gasteiger partial charge in [-0.05, 0) is 61.8 Å². The van der Waals surface area contributed by atoms with E-state index < -0.39 is 17.5 Å². The monoisotopic (exact) mass is 692 g/mol. The van der Waals surface area contributed by atoms with Gasteiger partial charge >= 0.3 is 6.03 Å². The molecule has 3 heterocycles. The van der Waals surface area contributed by atoms with Gasteiger partial charge in [0.2, 0.25) is 11.8 Å². The fourth-order valence-corrected chi connectivity index (χ4v) is 5.95. The first kappa shape index (κ1) is 35.0. The van der Waals surface area contributed by atoms with Crippen LogP contribution >= 0.6 is 11.6 Å². The molecule has 0 aromatic heterocycles. The van der Waals surface area contributed by atoms with Crippen molar-refractivity contribution in [2.45, 2.75) is 50.1 Å². The van der Waals surface area contributed by atoms with E-state index in [9.17, 15) is 9.59 Å². The van der Waals surface area contributed by atoms with Crippen LogP contribution in [0.4, 0.5) is 4.79 Å². The number of amides is 3. The third kappa shape index (κ3) is 9.41. The zero-order chi connectivity index (χ0) is 34.6. The van der Waals surface area contributed by atoms with Crippen LogP contribution in [-0.2, 0) is 17.6 Å². The van der Waals surface area contributed by atoms with E-state index in [0.717, 1.165) is 30.6 Å². The minimum absolute atomic E-state index is 0.0749. The summed E-state index contributed by atoms with van der Waals surface area (Å²) in [4.78, 5) is 36.6. The molecule has 1 atom stereocenters. The average Bonchev–Trinajstić information content (AvgIpc) is 3.40. The number of halogens is 1. The molecule has 3 aliphatic heterocycles. The van der Waals surface area contributed by atoms with Crippen LogP contribution in [0.1, 0.15) is 36.8 Å². The highest BCUT2D eigenvalue weighted by Crippen LogP contribution is 2.31. The molecule has 2 aromatic carbocycles. The molecule has 49 heavy (non-hydrogen) atoms. The van der Waals surface area contributed by atoms with Crippen molar-refractivity contribution in [3.63, 3.8) is 0 Å². The summed E-state index contributed by atoms with van der Waals surface area (Å²) in [5.41, 5.74) is 1.90. The van der Waals surface area contributed by atoms with Gasteiger partial charge in [-0.3, -0.25) is 15.1 Å².